The van der Waals surface area contributed by atoms with E-state index in [1.54, 1.807) is 0 Å². The van der Waals surface area contributed by atoms with Gasteiger partial charge in [-0.05, 0) is 12.2 Å². The van der Waals surface area contributed by atoms with E-state index in [4.69, 9.17) is 12.2 Å². The second-order valence-electron chi connectivity index (χ2n) is 2.75. The molecule has 66 valence electrons. The van der Waals surface area contributed by atoms with E-state index in [1.165, 1.54) is 0 Å². The van der Waals surface area contributed by atoms with E-state index in [1.807, 2.05) is 12.2 Å². The summed E-state index contributed by atoms with van der Waals surface area (Å²) >= 11 is 5.25. The summed E-state index contributed by atoms with van der Waals surface area (Å²) in [7, 11) is 0. The highest BCUT2D eigenvalue weighted by Gasteiger charge is 2.21. The van der Waals surface area contributed by atoms with Crippen LogP contribution in [0.15, 0.2) is 25.3 Å². The Hall–Kier alpha value is -0.830. The minimum absolute atomic E-state index is 0.854. The van der Waals surface area contributed by atoms with Gasteiger partial charge in [0.2, 0.25) is 0 Å². The van der Waals surface area contributed by atoms with Crippen LogP contribution in [0.25, 0.3) is 0 Å². The van der Waals surface area contributed by atoms with E-state index in [-0.39, 0.29) is 0 Å². The largest absolute Gasteiger partial charge is 0.344 e. The average molecular weight is 182 g/mol. The topological polar surface area (TPSA) is 6.48 Å². The molecule has 1 saturated heterocycles. The number of thiocarbonyl (C=S) groups is 1. The maximum Gasteiger partial charge on any atom is 0.172 e. The van der Waals surface area contributed by atoms with Gasteiger partial charge in [-0.25, -0.2) is 0 Å². The lowest BCUT2D eigenvalue weighted by Crippen LogP contribution is -2.31. The molecule has 1 rings (SSSR count). The van der Waals surface area contributed by atoms with Gasteiger partial charge in [-0.3, -0.25) is 0 Å². The third kappa shape index (κ3) is 1.85. The fourth-order valence-corrected chi connectivity index (χ4v) is 1.61. The molecule has 12 heavy (non-hydrogen) atoms. The summed E-state index contributed by atoms with van der Waals surface area (Å²) in [5.41, 5.74) is 0. The molecular weight excluding hydrogens is 168 g/mol. The molecule has 0 spiro atoms. The monoisotopic (exact) mass is 182 g/mol. The van der Waals surface area contributed by atoms with Crippen LogP contribution in [-0.2, 0) is 0 Å². The highest BCUT2D eigenvalue weighted by molar-refractivity contribution is 7.80. The van der Waals surface area contributed by atoms with Crippen molar-refractivity contribution in [2.24, 2.45) is 0 Å². The second-order valence-corrected chi connectivity index (χ2v) is 3.12. The van der Waals surface area contributed by atoms with Gasteiger partial charge in [-0.2, -0.15) is 0 Å². The van der Waals surface area contributed by atoms with E-state index >= 15 is 0 Å². The van der Waals surface area contributed by atoms with E-state index in [2.05, 4.69) is 23.0 Å². The number of rotatable bonds is 4. The Morgan fingerprint density at radius 3 is 1.92 bits per heavy atom. The van der Waals surface area contributed by atoms with Crippen LogP contribution in [-0.4, -0.2) is 41.1 Å². The molecule has 2 nitrogen and oxygen atoms in total. The van der Waals surface area contributed by atoms with Crippen LogP contribution < -0.4 is 0 Å². The summed E-state index contributed by atoms with van der Waals surface area (Å²) in [6.45, 7) is 11.1. The molecular formula is C9H14N2S. The van der Waals surface area contributed by atoms with Crippen molar-refractivity contribution in [2.45, 2.75) is 0 Å². The normalized spacial score (nSPS) is 16.8. The fraction of sp³-hybridized carbons (Fsp3) is 0.444. The molecule has 1 aliphatic heterocycles. The third-order valence-electron chi connectivity index (χ3n) is 1.88. The molecule has 3 heteroatoms. The fourth-order valence-electron chi connectivity index (χ4n) is 1.28. The first-order chi connectivity index (χ1) is 5.79. The van der Waals surface area contributed by atoms with Crippen LogP contribution in [0.5, 0.6) is 0 Å². The molecule has 0 radical (unpaired) electrons. The Bertz CT molecular complexity index is 181. The highest BCUT2D eigenvalue weighted by Crippen LogP contribution is 2.08. The molecule has 0 aromatic rings. The summed E-state index contributed by atoms with van der Waals surface area (Å²) in [6.07, 6.45) is 3.76. The summed E-state index contributed by atoms with van der Waals surface area (Å²) in [4.78, 5) is 4.29. The van der Waals surface area contributed by atoms with E-state index in [0.29, 0.717) is 0 Å². The van der Waals surface area contributed by atoms with Crippen LogP contribution in [0, 0.1) is 0 Å². The van der Waals surface area contributed by atoms with Gasteiger partial charge >= 0.3 is 0 Å². The predicted octanol–water partition coefficient (Wildman–Crippen LogP) is 1.26. The van der Waals surface area contributed by atoms with Crippen molar-refractivity contribution in [1.82, 2.24) is 9.80 Å². The van der Waals surface area contributed by atoms with Gasteiger partial charge in [0.15, 0.2) is 5.11 Å². The smallest absolute Gasteiger partial charge is 0.172 e. The lowest BCUT2D eigenvalue weighted by atomic mass is 10.5. The highest BCUT2D eigenvalue weighted by atomic mass is 32.1. The second kappa shape index (κ2) is 4.26. The van der Waals surface area contributed by atoms with Crippen molar-refractivity contribution < 1.29 is 0 Å². The van der Waals surface area contributed by atoms with Gasteiger partial charge < -0.3 is 9.80 Å². The van der Waals surface area contributed by atoms with Crippen molar-refractivity contribution in [3.8, 4) is 0 Å². The first-order valence-corrected chi connectivity index (χ1v) is 4.46. The molecule has 0 aliphatic carbocycles. The van der Waals surface area contributed by atoms with Gasteiger partial charge in [0.05, 0.1) is 0 Å². The molecule has 0 saturated carbocycles. The average Bonchev–Trinajstić information content (AvgIpc) is 2.38. The molecule has 0 bridgehead atoms. The van der Waals surface area contributed by atoms with Crippen molar-refractivity contribution >= 4 is 17.3 Å². The molecule has 1 fully saturated rings. The van der Waals surface area contributed by atoms with Crippen molar-refractivity contribution in [1.29, 1.82) is 0 Å². The Kier molecular flexibility index (Phi) is 3.29. The van der Waals surface area contributed by atoms with E-state index in [9.17, 15) is 0 Å². The van der Waals surface area contributed by atoms with Gasteiger partial charge in [0, 0.05) is 26.2 Å². The number of hydrogen-bond acceptors (Lipinski definition) is 1. The molecule has 1 heterocycles. The quantitative estimate of drug-likeness (QED) is 0.477. The molecule has 0 aromatic carbocycles. The first kappa shape index (κ1) is 9.26. The Labute approximate surface area is 79.2 Å². The zero-order valence-electron chi connectivity index (χ0n) is 7.20. The summed E-state index contributed by atoms with van der Waals surface area (Å²) in [5.74, 6) is 0. The Morgan fingerprint density at radius 2 is 1.58 bits per heavy atom. The van der Waals surface area contributed by atoms with Crippen LogP contribution >= 0.6 is 12.2 Å². The van der Waals surface area contributed by atoms with Crippen molar-refractivity contribution in [3.63, 3.8) is 0 Å². The predicted molar refractivity (Wildman–Crippen MR) is 56.1 cm³/mol. The molecule has 1 aliphatic rings. The van der Waals surface area contributed by atoms with Crippen LogP contribution in [0.4, 0.5) is 0 Å². The van der Waals surface area contributed by atoms with Crippen LogP contribution in [0.1, 0.15) is 0 Å². The molecule has 0 amide bonds. The molecule has 0 atom stereocenters. The van der Waals surface area contributed by atoms with Crippen LogP contribution in [0.2, 0.25) is 0 Å². The van der Waals surface area contributed by atoms with Crippen molar-refractivity contribution in [3.05, 3.63) is 25.3 Å². The van der Waals surface area contributed by atoms with E-state index in [0.717, 1.165) is 31.3 Å². The summed E-state index contributed by atoms with van der Waals surface area (Å²) in [6, 6.07) is 0. The van der Waals surface area contributed by atoms with Crippen molar-refractivity contribution in [2.75, 3.05) is 26.2 Å². The summed E-state index contributed by atoms with van der Waals surface area (Å²) < 4.78 is 0. The Balaban J connectivity index is 2.48. The Morgan fingerprint density at radius 1 is 1.17 bits per heavy atom. The maximum atomic E-state index is 5.25. The van der Waals surface area contributed by atoms with Gasteiger partial charge in [0.1, 0.15) is 0 Å². The summed E-state index contributed by atoms with van der Waals surface area (Å²) in [5, 5.41) is 0.926. The lowest BCUT2D eigenvalue weighted by molar-refractivity contribution is 0.509. The SMILES string of the molecule is C=CCN1CCN(CC=C)C1=S. The van der Waals surface area contributed by atoms with Gasteiger partial charge in [-0.15, -0.1) is 13.2 Å². The third-order valence-corrected chi connectivity index (χ3v) is 2.40. The number of nitrogens with zero attached hydrogens (tertiary/aromatic N) is 2. The zero-order chi connectivity index (χ0) is 8.97. The molecule has 0 aromatic heterocycles. The molecule has 0 unspecified atom stereocenters. The standard InChI is InChI=1S/C9H14N2S/c1-3-5-10-7-8-11(6-4-2)9(10)12/h3-4H,1-2,5-8H2. The first-order valence-electron chi connectivity index (χ1n) is 4.05. The number of hydrogen-bond donors (Lipinski definition) is 0. The zero-order valence-corrected chi connectivity index (χ0v) is 8.02. The maximum absolute atomic E-state index is 5.25. The van der Waals surface area contributed by atoms with Crippen LogP contribution in [0.3, 0.4) is 0 Å². The lowest BCUT2D eigenvalue weighted by Gasteiger charge is -2.19. The van der Waals surface area contributed by atoms with E-state index < -0.39 is 0 Å². The molecule has 0 N–H and O–H groups in total. The van der Waals surface area contributed by atoms with Gasteiger partial charge in [-0.1, -0.05) is 12.2 Å². The minimum atomic E-state index is 0.854. The minimum Gasteiger partial charge on any atom is -0.344 e. The van der Waals surface area contributed by atoms with Gasteiger partial charge in [0.25, 0.3) is 0 Å².